The molecule has 1 atom stereocenters. The van der Waals surface area contributed by atoms with Crippen molar-refractivity contribution in [2.24, 2.45) is 0 Å². The second kappa shape index (κ2) is 6.67. The van der Waals surface area contributed by atoms with Crippen molar-refractivity contribution in [1.82, 2.24) is 8.61 Å². The molecule has 1 fully saturated rings. The average molecular weight is 292 g/mol. The highest BCUT2D eigenvalue weighted by atomic mass is 32.2. The number of methoxy groups -OCH3 is 1. The number of esters is 1. The summed E-state index contributed by atoms with van der Waals surface area (Å²) in [7, 11) is -2.35. The number of carbonyl (C=O) groups is 1. The van der Waals surface area contributed by atoms with E-state index in [0.29, 0.717) is 6.54 Å². The topological polar surface area (TPSA) is 66.9 Å². The standard InChI is InChI=1S/C12H24N2O4S/c1-10(2)14(9-12(15)18-4)19(16,17)13-8-6-5-7-11(13)3/h10-11H,5-9H2,1-4H3. The van der Waals surface area contributed by atoms with Gasteiger partial charge in [-0.25, -0.2) is 0 Å². The molecular formula is C12H24N2O4S. The van der Waals surface area contributed by atoms with Crippen LogP contribution in [0.1, 0.15) is 40.0 Å². The van der Waals surface area contributed by atoms with E-state index in [4.69, 9.17) is 0 Å². The number of ether oxygens (including phenoxy) is 1. The molecule has 7 heteroatoms. The van der Waals surface area contributed by atoms with Crippen molar-refractivity contribution in [1.29, 1.82) is 0 Å². The first kappa shape index (κ1) is 16.4. The van der Waals surface area contributed by atoms with Crippen LogP contribution in [0.25, 0.3) is 0 Å². The van der Waals surface area contributed by atoms with Crippen LogP contribution in [0.15, 0.2) is 0 Å². The van der Waals surface area contributed by atoms with Gasteiger partial charge in [0.05, 0.1) is 7.11 Å². The molecule has 1 unspecified atom stereocenters. The molecule has 0 radical (unpaired) electrons. The molecule has 0 aromatic rings. The van der Waals surface area contributed by atoms with Crippen molar-refractivity contribution >= 4 is 16.2 Å². The molecular weight excluding hydrogens is 268 g/mol. The third-order valence-electron chi connectivity index (χ3n) is 3.42. The zero-order valence-corrected chi connectivity index (χ0v) is 12.9. The Kier molecular flexibility index (Phi) is 5.76. The van der Waals surface area contributed by atoms with E-state index in [1.165, 1.54) is 15.7 Å². The molecule has 0 N–H and O–H groups in total. The van der Waals surface area contributed by atoms with Crippen LogP contribution < -0.4 is 0 Å². The van der Waals surface area contributed by atoms with Crippen LogP contribution in [0, 0.1) is 0 Å². The average Bonchev–Trinajstić information content (AvgIpc) is 2.35. The molecule has 1 aliphatic heterocycles. The maximum atomic E-state index is 12.6. The van der Waals surface area contributed by atoms with Gasteiger partial charge in [0.25, 0.3) is 10.2 Å². The number of nitrogens with zero attached hydrogens (tertiary/aromatic N) is 2. The van der Waals surface area contributed by atoms with Gasteiger partial charge in [0.2, 0.25) is 0 Å². The summed E-state index contributed by atoms with van der Waals surface area (Å²) in [5.74, 6) is -0.540. The van der Waals surface area contributed by atoms with Crippen molar-refractivity contribution in [2.45, 2.75) is 52.1 Å². The fourth-order valence-electron chi connectivity index (χ4n) is 2.27. The van der Waals surface area contributed by atoms with E-state index in [-0.39, 0.29) is 18.6 Å². The summed E-state index contributed by atoms with van der Waals surface area (Å²) >= 11 is 0. The Labute approximate surface area is 115 Å². The lowest BCUT2D eigenvalue weighted by atomic mass is 10.1. The molecule has 1 aliphatic rings. The number of hydrogen-bond donors (Lipinski definition) is 0. The van der Waals surface area contributed by atoms with Crippen molar-refractivity contribution in [3.63, 3.8) is 0 Å². The van der Waals surface area contributed by atoms with Crippen LogP contribution in [0.5, 0.6) is 0 Å². The van der Waals surface area contributed by atoms with Crippen LogP contribution in [-0.2, 0) is 19.7 Å². The quantitative estimate of drug-likeness (QED) is 0.709. The molecule has 6 nitrogen and oxygen atoms in total. The molecule has 0 amide bonds. The van der Waals surface area contributed by atoms with Crippen LogP contribution in [0.2, 0.25) is 0 Å². The van der Waals surface area contributed by atoms with Crippen LogP contribution in [0.4, 0.5) is 0 Å². The zero-order chi connectivity index (χ0) is 14.6. The number of piperidine rings is 1. The fourth-order valence-corrected chi connectivity index (χ4v) is 4.26. The summed E-state index contributed by atoms with van der Waals surface area (Å²) < 4.78 is 32.6. The van der Waals surface area contributed by atoms with Crippen molar-refractivity contribution in [2.75, 3.05) is 20.2 Å². The van der Waals surface area contributed by atoms with Gasteiger partial charge in [-0.2, -0.15) is 17.0 Å². The summed E-state index contributed by atoms with van der Waals surface area (Å²) in [6, 6.07) is -0.295. The second-order valence-electron chi connectivity index (χ2n) is 5.18. The predicted molar refractivity (Wildman–Crippen MR) is 72.8 cm³/mol. The number of rotatable bonds is 5. The van der Waals surface area contributed by atoms with Crippen LogP contribution in [-0.4, -0.2) is 55.3 Å². The van der Waals surface area contributed by atoms with E-state index in [0.717, 1.165) is 19.3 Å². The summed E-state index contributed by atoms with van der Waals surface area (Å²) in [5, 5.41) is 0. The first-order valence-electron chi connectivity index (χ1n) is 6.66. The molecule has 0 aromatic carbocycles. The van der Waals surface area contributed by atoms with Gasteiger partial charge in [-0.1, -0.05) is 6.42 Å². The van der Waals surface area contributed by atoms with Crippen LogP contribution >= 0.6 is 0 Å². The SMILES string of the molecule is COC(=O)CN(C(C)C)S(=O)(=O)N1CCCCC1C. The van der Waals surface area contributed by atoms with E-state index in [1.54, 1.807) is 13.8 Å². The Balaban J connectivity index is 2.95. The first-order chi connectivity index (χ1) is 8.80. The Hall–Kier alpha value is -0.660. The molecule has 112 valence electrons. The second-order valence-corrected chi connectivity index (χ2v) is 7.01. The third-order valence-corrected chi connectivity index (χ3v) is 5.70. The predicted octanol–water partition coefficient (Wildman–Crippen LogP) is 0.989. The minimum absolute atomic E-state index is 0.0161. The Bertz CT molecular complexity index is 408. The molecule has 0 aromatic heterocycles. The molecule has 19 heavy (non-hydrogen) atoms. The van der Waals surface area contributed by atoms with Gasteiger partial charge in [0.15, 0.2) is 0 Å². The molecule has 1 rings (SSSR count). The lowest BCUT2D eigenvalue weighted by Crippen LogP contribution is -2.53. The normalized spacial score (nSPS) is 21.9. The molecule has 0 bridgehead atoms. The minimum atomic E-state index is -3.61. The van der Waals surface area contributed by atoms with Crippen molar-refractivity contribution < 1.29 is 17.9 Å². The lowest BCUT2D eigenvalue weighted by Gasteiger charge is -2.37. The largest absolute Gasteiger partial charge is 0.468 e. The molecule has 0 spiro atoms. The number of hydrogen-bond acceptors (Lipinski definition) is 4. The summed E-state index contributed by atoms with van der Waals surface area (Å²) in [6.07, 6.45) is 2.78. The highest BCUT2D eigenvalue weighted by Crippen LogP contribution is 2.23. The van der Waals surface area contributed by atoms with Gasteiger partial charge in [-0.15, -0.1) is 0 Å². The molecule has 0 saturated carbocycles. The van der Waals surface area contributed by atoms with Gasteiger partial charge in [0.1, 0.15) is 6.54 Å². The van der Waals surface area contributed by atoms with Gasteiger partial charge in [-0.05, 0) is 33.6 Å². The molecule has 1 saturated heterocycles. The molecule has 1 heterocycles. The van der Waals surface area contributed by atoms with E-state index in [1.807, 2.05) is 6.92 Å². The highest BCUT2D eigenvalue weighted by molar-refractivity contribution is 7.86. The first-order valence-corrected chi connectivity index (χ1v) is 8.05. The van der Waals surface area contributed by atoms with Gasteiger partial charge in [-0.3, -0.25) is 4.79 Å². The van der Waals surface area contributed by atoms with E-state index < -0.39 is 16.2 Å². The third kappa shape index (κ3) is 3.90. The molecule has 0 aliphatic carbocycles. The fraction of sp³-hybridized carbons (Fsp3) is 0.917. The maximum absolute atomic E-state index is 12.6. The monoisotopic (exact) mass is 292 g/mol. The summed E-state index contributed by atoms with van der Waals surface area (Å²) in [5.41, 5.74) is 0. The summed E-state index contributed by atoms with van der Waals surface area (Å²) in [6.45, 7) is 5.71. The van der Waals surface area contributed by atoms with Gasteiger partial charge >= 0.3 is 5.97 Å². The Morgan fingerprint density at radius 3 is 2.53 bits per heavy atom. The minimum Gasteiger partial charge on any atom is -0.468 e. The number of carbonyl (C=O) groups excluding carboxylic acids is 1. The van der Waals surface area contributed by atoms with E-state index in [2.05, 4.69) is 4.74 Å². The summed E-state index contributed by atoms with van der Waals surface area (Å²) in [4.78, 5) is 11.4. The lowest BCUT2D eigenvalue weighted by molar-refractivity contribution is -0.141. The van der Waals surface area contributed by atoms with Gasteiger partial charge < -0.3 is 4.74 Å². The van der Waals surface area contributed by atoms with Crippen molar-refractivity contribution in [3.8, 4) is 0 Å². The Morgan fingerprint density at radius 2 is 2.05 bits per heavy atom. The zero-order valence-electron chi connectivity index (χ0n) is 12.1. The van der Waals surface area contributed by atoms with E-state index in [9.17, 15) is 13.2 Å². The van der Waals surface area contributed by atoms with Crippen molar-refractivity contribution in [3.05, 3.63) is 0 Å². The van der Waals surface area contributed by atoms with Crippen LogP contribution in [0.3, 0.4) is 0 Å². The highest BCUT2D eigenvalue weighted by Gasteiger charge is 2.36. The maximum Gasteiger partial charge on any atom is 0.321 e. The van der Waals surface area contributed by atoms with Gasteiger partial charge in [0, 0.05) is 18.6 Å². The Morgan fingerprint density at radius 1 is 1.42 bits per heavy atom. The smallest absolute Gasteiger partial charge is 0.321 e. The van der Waals surface area contributed by atoms with E-state index >= 15 is 0 Å².